The van der Waals surface area contributed by atoms with E-state index in [-0.39, 0.29) is 13.2 Å². The normalized spacial score (nSPS) is 12.7. The highest BCUT2D eigenvalue weighted by molar-refractivity contribution is 6.64. The molecule has 1 N–H and O–H groups in total. The largest absolute Gasteiger partial charge is 0.534 e. The van der Waals surface area contributed by atoms with E-state index >= 15 is 0 Å². The van der Waals surface area contributed by atoms with E-state index in [1.165, 1.54) is 25.7 Å². The lowest BCUT2D eigenvalue weighted by molar-refractivity contribution is -0.137. The maximum absolute atomic E-state index is 10.5. The van der Waals surface area contributed by atoms with Gasteiger partial charge in [0.1, 0.15) is 5.22 Å². The lowest BCUT2D eigenvalue weighted by atomic mass is 10.1. The fraction of sp³-hybridized carbons (Fsp3) is 0.852. The number of hydrogen-bond acceptors (Lipinski definition) is 5. The van der Waals surface area contributed by atoms with Crippen molar-refractivity contribution in [2.24, 2.45) is 0 Å². The molecule has 1 unspecified atom stereocenters. The summed E-state index contributed by atoms with van der Waals surface area (Å²) in [4.78, 5) is 10.5. The third-order valence-corrected chi connectivity index (χ3v) is 8.64. The van der Waals surface area contributed by atoms with Gasteiger partial charge in [-0.2, -0.15) is 0 Å². The van der Waals surface area contributed by atoms with E-state index in [4.69, 9.17) is 33.3 Å². The van der Waals surface area contributed by atoms with Crippen LogP contribution in [-0.4, -0.2) is 64.7 Å². The number of rotatable bonds is 22. The van der Waals surface area contributed by atoms with Crippen LogP contribution in [0.4, 0.5) is 0 Å². The Morgan fingerprint density at radius 2 is 1.11 bits per heavy atom. The molecule has 215 valence electrons. The van der Waals surface area contributed by atoms with Crippen molar-refractivity contribution in [3.63, 3.8) is 0 Å². The van der Waals surface area contributed by atoms with Gasteiger partial charge in [-0.3, -0.25) is 4.79 Å². The summed E-state index contributed by atoms with van der Waals surface area (Å²) in [6.45, 7) is 20.0. The van der Waals surface area contributed by atoms with Gasteiger partial charge in [-0.25, -0.2) is 10.2 Å². The van der Waals surface area contributed by atoms with Crippen molar-refractivity contribution in [2.45, 2.75) is 110 Å². The van der Waals surface area contributed by atoms with Gasteiger partial charge in [0.15, 0.2) is 0 Å². The Kier molecular flexibility index (Phi) is 32.2. The van der Waals surface area contributed by atoms with Crippen molar-refractivity contribution in [1.82, 2.24) is 0 Å². The van der Waals surface area contributed by atoms with Gasteiger partial charge in [0.25, 0.3) is 0 Å². The van der Waals surface area contributed by atoms with Crippen LogP contribution in [0, 0.1) is 20.8 Å². The first kappa shape index (κ1) is 40.0. The number of hydrogen-bond donors (Lipinski definition) is 1. The molecule has 0 bridgehead atoms. The lowest BCUT2D eigenvalue weighted by Crippen LogP contribution is -2.65. The molecule has 8 nitrogen and oxygen atoms in total. The van der Waals surface area contributed by atoms with Crippen molar-refractivity contribution >= 4 is 14.8 Å². The van der Waals surface area contributed by atoms with Crippen molar-refractivity contribution in [3.8, 4) is 0 Å². The Hall–Kier alpha value is -0.553. The van der Waals surface area contributed by atoms with E-state index in [2.05, 4.69) is 27.7 Å². The second-order valence-corrected chi connectivity index (χ2v) is 11.1. The zero-order valence-electron chi connectivity index (χ0n) is 23.7. The maximum Gasteiger partial charge on any atom is 0.534 e. The van der Waals surface area contributed by atoms with Crippen LogP contribution in [0.5, 0.6) is 0 Å². The van der Waals surface area contributed by atoms with Gasteiger partial charge in [0.2, 0.25) is 0 Å². The predicted molar refractivity (Wildman–Crippen MR) is 145 cm³/mol. The van der Waals surface area contributed by atoms with E-state index in [1.807, 2.05) is 20.8 Å². The van der Waals surface area contributed by atoms with Crippen LogP contribution in [0.2, 0.25) is 0 Å². The van der Waals surface area contributed by atoms with E-state index in [1.54, 1.807) is 0 Å². The van der Waals surface area contributed by atoms with Crippen molar-refractivity contribution < 1.29 is 38.1 Å². The van der Waals surface area contributed by atoms with E-state index < -0.39 is 20.0 Å². The van der Waals surface area contributed by atoms with Crippen LogP contribution in [-0.2, 0) is 33.0 Å². The summed E-state index contributed by atoms with van der Waals surface area (Å²) in [7, 11) is -3.04. The Morgan fingerprint density at radius 3 is 1.44 bits per heavy atom. The molecule has 36 heavy (non-hydrogen) atoms. The summed E-state index contributed by atoms with van der Waals surface area (Å²) in [5.74, 6) is -0.689. The first-order chi connectivity index (χ1) is 17.2. The van der Waals surface area contributed by atoms with Crippen LogP contribution in [0.1, 0.15) is 105 Å². The second-order valence-electron chi connectivity index (χ2n) is 8.18. The van der Waals surface area contributed by atoms with E-state index in [0.29, 0.717) is 32.8 Å². The molecule has 0 heterocycles. The zero-order chi connectivity index (χ0) is 28.1. The highest BCUT2D eigenvalue weighted by Crippen LogP contribution is 2.33. The van der Waals surface area contributed by atoms with Crippen molar-refractivity contribution in [2.75, 3.05) is 39.6 Å². The minimum atomic E-state index is -3.04. The monoisotopic (exact) mass is 535 g/mol. The Labute approximate surface area is 223 Å². The summed E-state index contributed by atoms with van der Waals surface area (Å²) in [5, 5.41) is 25.5. The van der Waals surface area contributed by atoms with E-state index in [9.17, 15) is 4.79 Å². The third-order valence-electron chi connectivity index (χ3n) is 5.13. The average molecular weight is 536 g/mol. The summed E-state index contributed by atoms with van der Waals surface area (Å²) in [6, 6.07) is 0. The molecule has 9 heteroatoms. The maximum atomic E-state index is 10.5. The molecule has 0 saturated heterocycles. The smallest absolute Gasteiger partial charge is 0.481 e. The molecule has 1 atom stereocenters. The van der Waals surface area contributed by atoms with Gasteiger partial charge >= 0.3 is 14.8 Å². The SMILES string of the molecule is [CH2]C(CCC)(OCCCCCCCCCCCC(=O)O)[Si](OCC)(OCC)OCC.[CH2]C[O].[CH2]C[O]. The number of aliphatic carboxylic acids is 1. The number of ether oxygens (including phenoxy) is 1. The Bertz CT molecular complexity index is 434. The quantitative estimate of drug-likeness (QED) is 0.126. The van der Waals surface area contributed by atoms with Gasteiger partial charge in [-0.1, -0.05) is 58.3 Å². The van der Waals surface area contributed by atoms with Crippen LogP contribution < -0.4 is 0 Å². The molecule has 0 aliphatic heterocycles. The zero-order valence-corrected chi connectivity index (χ0v) is 24.7. The molecule has 0 amide bonds. The fourth-order valence-corrected chi connectivity index (χ4v) is 6.70. The van der Waals surface area contributed by atoms with Crippen molar-refractivity contribution in [3.05, 3.63) is 20.8 Å². The minimum Gasteiger partial charge on any atom is -0.481 e. The number of carbonyl (C=O) groups is 1. The number of carboxylic acids is 1. The summed E-state index contributed by atoms with van der Waals surface area (Å²) in [6.07, 6.45) is 11.9. The molecule has 0 aromatic carbocycles. The summed E-state index contributed by atoms with van der Waals surface area (Å²) >= 11 is 0. The highest BCUT2D eigenvalue weighted by Gasteiger charge is 2.59. The molecule has 5 radical (unpaired) electrons. The standard InChI is InChI=1S/C23H47O6Si.2C2H4O/c1-6-20-23(5,30(27-7-2,28-8-3)29-9-4)26-21-18-16-14-12-10-11-13-15-17-19-22(24)25;2*1-2-3/h5-21H2,1-4H3,(H,24,25);2*1-2H2. The Balaban J connectivity index is -0.00000163. The van der Waals surface area contributed by atoms with Gasteiger partial charge in [0, 0.05) is 32.8 Å². The molecular formula is C27H55O8Si. The van der Waals surface area contributed by atoms with Crippen LogP contribution in [0.3, 0.4) is 0 Å². The molecule has 0 spiro atoms. The second kappa shape index (κ2) is 29.0. The van der Waals surface area contributed by atoms with Gasteiger partial charge in [-0.05, 0) is 60.8 Å². The summed E-state index contributed by atoms with van der Waals surface area (Å²) in [5.41, 5.74) is 0. The fourth-order valence-electron chi connectivity index (χ4n) is 3.69. The molecule has 0 fully saturated rings. The van der Waals surface area contributed by atoms with E-state index in [0.717, 1.165) is 44.9 Å². The Morgan fingerprint density at radius 1 is 0.750 bits per heavy atom. The molecule has 0 aromatic heterocycles. The number of unbranched alkanes of at least 4 members (excludes halogenated alkanes) is 8. The van der Waals surface area contributed by atoms with Gasteiger partial charge in [0.05, 0.1) is 13.2 Å². The van der Waals surface area contributed by atoms with Gasteiger partial charge < -0.3 is 23.1 Å². The summed E-state index contributed by atoms with van der Waals surface area (Å²) < 4.78 is 24.5. The molecule has 0 aliphatic rings. The average Bonchev–Trinajstić information content (AvgIpc) is 2.81. The van der Waals surface area contributed by atoms with Crippen LogP contribution in [0.25, 0.3) is 0 Å². The molecule has 0 aromatic rings. The minimum absolute atomic E-state index is 0.250. The first-order valence-electron chi connectivity index (χ1n) is 13.6. The van der Waals surface area contributed by atoms with Gasteiger partial charge in [-0.15, -0.1) is 0 Å². The lowest BCUT2D eigenvalue weighted by Gasteiger charge is -2.42. The topological polar surface area (TPSA) is 114 Å². The third kappa shape index (κ3) is 21.5. The number of carboxylic acid groups (broad SMARTS) is 1. The molecule has 0 rings (SSSR count). The molecular weight excluding hydrogens is 480 g/mol. The molecule has 0 aliphatic carbocycles. The highest BCUT2D eigenvalue weighted by atomic mass is 28.4. The predicted octanol–water partition coefficient (Wildman–Crippen LogP) is 6.45. The van der Waals surface area contributed by atoms with Crippen molar-refractivity contribution in [1.29, 1.82) is 0 Å². The first-order valence-corrected chi connectivity index (χ1v) is 15.3. The molecule has 0 saturated carbocycles. The van der Waals surface area contributed by atoms with Crippen LogP contribution >= 0.6 is 0 Å². The van der Waals surface area contributed by atoms with Crippen LogP contribution in [0.15, 0.2) is 0 Å².